The summed E-state index contributed by atoms with van der Waals surface area (Å²) in [5.41, 5.74) is 2.87. The van der Waals surface area contributed by atoms with Crippen molar-refractivity contribution in [3.63, 3.8) is 0 Å². The third kappa shape index (κ3) is 4.19. The number of halogens is 1. The molecule has 0 aliphatic heterocycles. The zero-order valence-corrected chi connectivity index (χ0v) is 11.7. The second-order valence-electron chi connectivity index (χ2n) is 3.99. The lowest BCUT2D eigenvalue weighted by atomic mass is 10.1. The maximum absolute atomic E-state index is 11.8. The monoisotopic (exact) mass is 266 g/mol. The van der Waals surface area contributed by atoms with Crippen LogP contribution in [0, 0.1) is 0 Å². The number of alkyl halides is 1. The van der Waals surface area contributed by atoms with Gasteiger partial charge in [-0.25, -0.2) is 4.79 Å². The van der Waals surface area contributed by atoms with E-state index in [9.17, 15) is 4.79 Å². The standard InChI is InChI=1S/C15H19ClO2/c1-3-12(10-16)13(4-2)11-18-15(17)14-8-6-5-7-9-14/h5-9H,3-4,10-11H2,1-2H3/b13-12+. The minimum Gasteiger partial charge on any atom is -0.458 e. The fourth-order valence-electron chi connectivity index (χ4n) is 1.70. The summed E-state index contributed by atoms with van der Waals surface area (Å²) in [5.74, 6) is 0.217. The van der Waals surface area contributed by atoms with Crippen LogP contribution in [0.15, 0.2) is 41.5 Å². The molecule has 0 spiro atoms. The van der Waals surface area contributed by atoms with E-state index in [1.54, 1.807) is 12.1 Å². The van der Waals surface area contributed by atoms with E-state index in [1.807, 2.05) is 25.1 Å². The molecule has 0 fully saturated rings. The van der Waals surface area contributed by atoms with Crippen molar-refractivity contribution in [2.45, 2.75) is 26.7 Å². The highest BCUT2D eigenvalue weighted by Crippen LogP contribution is 2.15. The van der Waals surface area contributed by atoms with Gasteiger partial charge >= 0.3 is 5.97 Å². The van der Waals surface area contributed by atoms with Crippen LogP contribution in [0.2, 0.25) is 0 Å². The van der Waals surface area contributed by atoms with Crippen LogP contribution in [0.4, 0.5) is 0 Å². The summed E-state index contributed by atoms with van der Waals surface area (Å²) in [4.78, 5) is 11.8. The molecule has 0 radical (unpaired) electrons. The van der Waals surface area contributed by atoms with Gasteiger partial charge in [0, 0.05) is 5.88 Å². The van der Waals surface area contributed by atoms with Gasteiger partial charge in [-0.2, -0.15) is 0 Å². The number of hydrogen-bond donors (Lipinski definition) is 0. The van der Waals surface area contributed by atoms with Crippen molar-refractivity contribution in [3.8, 4) is 0 Å². The third-order valence-corrected chi connectivity index (χ3v) is 3.22. The molecule has 0 atom stereocenters. The van der Waals surface area contributed by atoms with E-state index in [1.165, 1.54) is 5.57 Å². The normalized spacial score (nSPS) is 11.9. The van der Waals surface area contributed by atoms with Gasteiger partial charge in [0.2, 0.25) is 0 Å². The van der Waals surface area contributed by atoms with Crippen LogP contribution in [0.25, 0.3) is 0 Å². The second-order valence-corrected chi connectivity index (χ2v) is 4.26. The first-order valence-corrected chi connectivity index (χ1v) is 6.74. The lowest BCUT2D eigenvalue weighted by molar-refractivity contribution is 0.0537. The van der Waals surface area contributed by atoms with Gasteiger partial charge in [-0.3, -0.25) is 0 Å². The quantitative estimate of drug-likeness (QED) is 0.438. The van der Waals surface area contributed by atoms with Crippen molar-refractivity contribution < 1.29 is 9.53 Å². The van der Waals surface area contributed by atoms with Crippen molar-refractivity contribution in [3.05, 3.63) is 47.0 Å². The van der Waals surface area contributed by atoms with Crippen molar-refractivity contribution in [1.29, 1.82) is 0 Å². The lowest BCUT2D eigenvalue weighted by Gasteiger charge is -2.11. The van der Waals surface area contributed by atoms with Crippen molar-refractivity contribution in [2.75, 3.05) is 12.5 Å². The molecule has 0 saturated heterocycles. The van der Waals surface area contributed by atoms with E-state index in [0.717, 1.165) is 18.4 Å². The molecule has 0 aliphatic carbocycles. The lowest BCUT2D eigenvalue weighted by Crippen LogP contribution is -2.09. The predicted octanol–water partition coefficient (Wildman–Crippen LogP) is 4.20. The van der Waals surface area contributed by atoms with Crippen LogP contribution >= 0.6 is 11.6 Å². The van der Waals surface area contributed by atoms with Gasteiger partial charge in [0.05, 0.1) is 5.56 Å². The maximum atomic E-state index is 11.8. The number of esters is 1. The van der Waals surface area contributed by atoms with E-state index < -0.39 is 0 Å². The number of benzene rings is 1. The number of carbonyl (C=O) groups excluding carboxylic acids is 1. The van der Waals surface area contributed by atoms with Crippen LogP contribution in [-0.4, -0.2) is 18.5 Å². The molecule has 0 amide bonds. The molecule has 0 N–H and O–H groups in total. The largest absolute Gasteiger partial charge is 0.458 e. The van der Waals surface area contributed by atoms with Gasteiger partial charge in [0.1, 0.15) is 6.61 Å². The molecule has 1 aromatic rings. The molecule has 98 valence electrons. The van der Waals surface area contributed by atoms with Crippen molar-refractivity contribution in [1.82, 2.24) is 0 Å². The summed E-state index contributed by atoms with van der Waals surface area (Å²) in [6, 6.07) is 9.02. The fourth-order valence-corrected chi connectivity index (χ4v) is 2.08. The van der Waals surface area contributed by atoms with E-state index in [0.29, 0.717) is 18.1 Å². The van der Waals surface area contributed by atoms with E-state index in [4.69, 9.17) is 16.3 Å². The average molecular weight is 267 g/mol. The summed E-state index contributed by atoms with van der Waals surface area (Å²) in [6.07, 6.45) is 1.76. The fraction of sp³-hybridized carbons (Fsp3) is 0.400. The highest BCUT2D eigenvalue weighted by Gasteiger charge is 2.09. The topological polar surface area (TPSA) is 26.3 Å². The first kappa shape index (κ1) is 14.8. The number of ether oxygens (including phenoxy) is 1. The van der Waals surface area contributed by atoms with Crippen molar-refractivity contribution in [2.24, 2.45) is 0 Å². The van der Waals surface area contributed by atoms with Gasteiger partial charge in [-0.1, -0.05) is 37.6 Å². The molecule has 1 aromatic carbocycles. The first-order valence-electron chi connectivity index (χ1n) is 6.20. The van der Waals surface area contributed by atoms with Crippen molar-refractivity contribution >= 4 is 17.6 Å². The zero-order valence-electron chi connectivity index (χ0n) is 10.9. The summed E-state index contributed by atoms with van der Waals surface area (Å²) in [7, 11) is 0. The Kier molecular flexibility index (Phi) is 6.51. The Morgan fingerprint density at radius 2 is 1.72 bits per heavy atom. The Morgan fingerprint density at radius 3 is 2.22 bits per heavy atom. The summed E-state index contributed by atoms with van der Waals surface area (Å²) >= 11 is 5.88. The molecule has 0 saturated carbocycles. The Morgan fingerprint density at radius 1 is 1.11 bits per heavy atom. The van der Waals surface area contributed by atoms with E-state index >= 15 is 0 Å². The number of rotatable bonds is 6. The van der Waals surface area contributed by atoms with Gasteiger partial charge < -0.3 is 4.74 Å². The smallest absolute Gasteiger partial charge is 0.338 e. The Labute approximate surface area is 114 Å². The van der Waals surface area contributed by atoms with Gasteiger partial charge in [0.15, 0.2) is 0 Å². The van der Waals surface area contributed by atoms with Crippen LogP contribution in [0.5, 0.6) is 0 Å². The number of allylic oxidation sites excluding steroid dienone is 1. The molecule has 0 bridgehead atoms. The second kappa shape index (κ2) is 7.93. The highest BCUT2D eigenvalue weighted by atomic mass is 35.5. The molecular weight excluding hydrogens is 248 g/mol. The number of hydrogen-bond acceptors (Lipinski definition) is 2. The minimum absolute atomic E-state index is 0.286. The Hall–Kier alpha value is -1.28. The molecule has 2 nitrogen and oxygen atoms in total. The SMILES string of the molecule is CC/C(CCl)=C(/CC)COC(=O)c1ccccc1. The highest BCUT2D eigenvalue weighted by molar-refractivity contribution is 6.19. The molecule has 0 aliphatic rings. The molecule has 0 unspecified atom stereocenters. The van der Waals surface area contributed by atoms with E-state index in [2.05, 4.69) is 6.92 Å². The predicted molar refractivity (Wildman–Crippen MR) is 75.1 cm³/mol. The molecule has 0 heterocycles. The Balaban J connectivity index is 2.64. The molecule has 3 heteroatoms. The molecule has 18 heavy (non-hydrogen) atoms. The summed E-state index contributed by atoms with van der Waals surface area (Å²) in [5, 5.41) is 0. The van der Waals surface area contributed by atoms with Crippen LogP contribution in [0.1, 0.15) is 37.0 Å². The third-order valence-electron chi connectivity index (χ3n) is 2.90. The van der Waals surface area contributed by atoms with Crippen LogP contribution in [0.3, 0.4) is 0 Å². The number of carbonyl (C=O) groups is 1. The zero-order chi connectivity index (χ0) is 13.4. The minimum atomic E-state index is -0.286. The molecule has 1 rings (SSSR count). The Bertz CT molecular complexity index is 404. The summed E-state index contributed by atoms with van der Waals surface area (Å²) < 4.78 is 5.31. The van der Waals surface area contributed by atoms with Gasteiger partial charge in [-0.15, -0.1) is 11.6 Å². The van der Waals surface area contributed by atoms with Gasteiger partial charge in [-0.05, 0) is 30.5 Å². The first-order chi connectivity index (χ1) is 8.72. The van der Waals surface area contributed by atoms with Gasteiger partial charge in [0.25, 0.3) is 0 Å². The van der Waals surface area contributed by atoms with Crippen LogP contribution in [-0.2, 0) is 4.74 Å². The molecule has 0 aromatic heterocycles. The summed E-state index contributed by atoms with van der Waals surface area (Å²) in [6.45, 7) is 4.44. The van der Waals surface area contributed by atoms with Crippen LogP contribution < -0.4 is 0 Å². The maximum Gasteiger partial charge on any atom is 0.338 e. The molecular formula is C15H19ClO2. The van der Waals surface area contributed by atoms with E-state index in [-0.39, 0.29) is 5.97 Å². The average Bonchev–Trinajstić information content (AvgIpc) is 2.44.